The molecule has 0 spiro atoms. The van der Waals surface area contributed by atoms with E-state index in [-0.39, 0.29) is 5.82 Å². The summed E-state index contributed by atoms with van der Waals surface area (Å²) >= 11 is 0. The van der Waals surface area contributed by atoms with Crippen molar-refractivity contribution < 1.29 is 4.39 Å². The molecule has 3 heteroatoms. The van der Waals surface area contributed by atoms with Crippen LogP contribution in [0.2, 0.25) is 0 Å². The Bertz CT molecular complexity index is 503. The van der Waals surface area contributed by atoms with E-state index in [1.165, 1.54) is 11.6 Å². The SMILES string of the molecule is CCn1ccc(CNc2ccc(F)cc2C)c1. The first kappa shape index (κ1) is 11.7. The molecule has 0 aliphatic carbocycles. The molecule has 1 N–H and O–H groups in total. The summed E-state index contributed by atoms with van der Waals surface area (Å²) < 4.78 is 15.1. The zero-order valence-electron chi connectivity index (χ0n) is 10.2. The molecule has 0 unspecified atom stereocenters. The highest BCUT2D eigenvalue weighted by atomic mass is 19.1. The maximum absolute atomic E-state index is 12.9. The monoisotopic (exact) mass is 232 g/mol. The molecule has 90 valence electrons. The molecule has 0 radical (unpaired) electrons. The van der Waals surface area contributed by atoms with Gasteiger partial charge in [-0.15, -0.1) is 0 Å². The van der Waals surface area contributed by atoms with Crippen LogP contribution in [0, 0.1) is 12.7 Å². The third-order valence-electron chi connectivity index (χ3n) is 2.85. The summed E-state index contributed by atoms with van der Waals surface area (Å²) in [5, 5.41) is 3.31. The molecule has 2 nitrogen and oxygen atoms in total. The van der Waals surface area contributed by atoms with Gasteiger partial charge in [0.1, 0.15) is 5.82 Å². The van der Waals surface area contributed by atoms with Crippen LogP contribution in [0.3, 0.4) is 0 Å². The first-order chi connectivity index (χ1) is 8.19. The molecule has 0 amide bonds. The fourth-order valence-electron chi connectivity index (χ4n) is 1.81. The largest absolute Gasteiger partial charge is 0.381 e. The Balaban J connectivity index is 2.02. The van der Waals surface area contributed by atoms with Crippen molar-refractivity contribution in [2.24, 2.45) is 0 Å². The third-order valence-corrected chi connectivity index (χ3v) is 2.85. The van der Waals surface area contributed by atoms with Crippen molar-refractivity contribution >= 4 is 5.69 Å². The molecular formula is C14H17FN2. The van der Waals surface area contributed by atoms with Gasteiger partial charge in [-0.3, -0.25) is 0 Å². The van der Waals surface area contributed by atoms with E-state index >= 15 is 0 Å². The average molecular weight is 232 g/mol. The van der Waals surface area contributed by atoms with Crippen molar-refractivity contribution in [3.8, 4) is 0 Å². The van der Waals surface area contributed by atoms with Crippen LogP contribution in [0.25, 0.3) is 0 Å². The van der Waals surface area contributed by atoms with Crippen LogP contribution in [0.5, 0.6) is 0 Å². The van der Waals surface area contributed by atoms with Gasteiger partial charge in [0.05, 0.1) is 0 Å². The molecule has 0 saturated carbocycles. The highest BCUT2D eigenvalue weighted by Gasteiger charge is 2.00. The van der Waals surface area contributed by atoms with Crippen LogP contribution in [-0.4, -0.2) is 4.57 Å². The van der Waals surface area contributed by atoms with E-state index in [9.17, 15) is 4.39 Å². The highest BCUT2D eigenvalue weighted by molar-refractivity contribution is 5.50. The summed E-state index contributed by atoms with van der Waals surface area (Å²) in [6.45, 7) is 5.76. The van der Waals surface area contributed by atoms with Gasteiger partial charge < -0.3 is 9.88 Å². The zero-order valence-corrected chi connectivity index (χ0v) is 10.2. The summed E-state index contributed by atoms with van der Waals surface area (Å²) in [6.07, 6.45) is 4.18. The summed E-state index contributed by atoms with van der Waals surface area (Å²) in [4.78, 5) is 0. The number of nitrogens with zero attached hydrogens (tertiary/aromatic N) is 1. The van der Waals surface area contributed by atoms with E-state index < -0.39 is 0 Å². The number of hydrogen-bond acceptors (Lipinski definition) is 1. The van der Waals surface area contributed by atoms with Crippen molar-refractivity contribution in [3.05, 3.63) is 53.6 Å². The molecule has 0 saturated heterocycles. The van der Waals surface area contributed by atoms with Gasteiger partial charge in [0.25, 0.3) is 0 Å². The minimum absolute atomic E-state index is 0.190. The van der Waals surface area contributed by atoms with Crippen molar-refractivity contribution in [2.45, 2.75) is 26.9 Å². The molecule has 1 heterocycles. The predicted molar refractivity (Wildman–Crippen MR) is 68.6 cm³/mol. The van der Waals surface area contributed by atoms with Gasteiger partial charge in [0, 0.05) is 31.2 Å². The Kier molecular flexibility index (Phi) is 3.47. The van der Waals surface area contributed by atoms with Gasteiger partial charge >= 0.3 is 0 Å². The Morgan fingerprint density at radius 2 is 2.12 bits per heavy atom. The maximum Gasteiger partial charge on any atom is 0.123 e. The second-order valence-corrected chi connectivity index (χ2v) is 4.16. The van der Waals surface area contributed by atoms with E-state index in [1.54, 1.807) is 12.1 Å². The van der Waals surface area contributed by atoms with E-state index in [2.05, 4.69) is 35.3 Å². The first-order valence-electron chi connectivity index (χ1n) is 5.83. The highest BCUT2D eigenvalue weighted by Crippen LogP contribution is 2.16. The molecule has 2 aromatic rings. The van der Waals surface area contributed by atoms with Crippen molar-refractivity contribution in [2.75, 3.05) is 5.32 Å². The Hall–Kier alpha value is -1.77. The molecular weight excluding hydrogens is 215 g/mol. The lowest BCUT2D eigenvalue weighted by atomic mass is 10.2. The lowest BCUT2D eigenvalue weighted by molar-refractivity contribution is 0.627. The van der Waals surface area contributed by atoms with Gasteiger partial charge in [-0.1, -0.05) is 0 Å². The van der Waals surface area contributed by atoms with E-state index in [1.807, 2.05) is 6.92 Å². The molecule has 1 aromatic heterocycles. The Morgan fingerprint density at radius 3 is 2.76 bits per heavy atom. The van der Waals surface area contributed by atoms with E-state index in [0.29, 0.717) is 0 Å². The summed E-state index contributed by atoms with van der Waals surface area (Å²) in [7, 11) is 0. The van der Waals surface area contributed by atoms with Gasteiger partial charge in [-0.2, -0.15) is 0 Å². The number of aryl methyl sites for hydroxylation is 2. The average Bonchev–Trinajstić information content (AvgIpc) is 2.76. The first-order valence-corrected chi connectivity index (χ1v) is 5.83. The van der Waals surface area contributed by atoms with Gasteiger partial charge in [-0.05, 0) is 49.2 Å². The van der Waals surface area contributed by atoms with Crippen molar-refractivity contribution in [3.63, 3.8) is 0 Å². The molecule has 17 heavy (non-hydrogen) atoms. The quantitative estimate of drug-likeness (QED) is 0.852. The summed E-state index contributed by atoms with van der Waals surface area (Å²) in [6, 6.07) is 6.89. The predicted octanol–water partition coefficient (Wildman–Crippen LogP) is 3.57. The van der Waals surface area contributed by atoms with Crippen molar-refractivity contribution in [1.82, 2.24) is 4.57 Å². The Labute approximate surface area is 101 Å². The van der Waals surface area contributed by atoms with Gasteiger partial charge in [0.2, 0.25) is 0 Å². The minimum Gasteiger partial charge on any atom is -0.381 e. The van der Waals surface area contributed by atoms with Gasteiger partial charge in [-0.25, -0.2) is 4.39 Å². The topological polar surface area (TPSA) is 17.0 Å². The number of benzene rings is 1. The Morgan fingerprint density at radius 1 is 1.29 bits per heavy atom. The standard InChI is InChI=1S/C14H17FN2/c1-3-17-7-6-12(10-17)9-16-14-5-4-13(15)8-11(14)2/h4-8,10,16H,3,9H2,1-2H3. The maximum atomic E-state index is 12.9. The normalized spacial score (nSPS) is 10.5. The number of halogens is 1. The van der Waals surface area contributed by atoms with Crippen LogP contribution < -0.4 is 5.32 Å². The molecule has 1 aromatic carbocycles. The van der Waals surface area contributed by atoms with Crippen molar-refractivity contribution in [1.29, 1.82) is 0 Å². The number of anilines is 1. The molecule has 0 aliphatic heterocycles. The molecule has 0 fully saturated rings. The third kappa shape index (κ3) is 2.87. The smallest absolute Gasteiger partial charge is 0.123 e. The zero-order chi connectivity index (χ0) is 12.3. The molecule has 0 aliphatic rings. The van der Waals surface area contributed by atoms with Crippen LogP contribution in [0.1, 0.15) is 18.1 Å². The number of hydrogen-bond donors (Lipinski definition) is 1. The minimum atomic E-state index is -0.190. The summed E-state index contributed by atoms with van der Waals surface area (Å²) in [5.74, 6) is -0.190. The van der Waals surface area contributed by atoms with E-state index in [0.717, 1.165) is 24.3 Å². The summed E-state index contributed by atoms with van der Waals surface area (Å²) in [5.41, 5.74) is 3.14. The van der Waals surface area contributed by atoms with Crippen LogP contribution in [0.4, 0.5) is 10.1 Å². The number of aromatic nitrogens is 1. The molecule has 0 atom stereocenters. The second-order valence-electron chi connectivity index (χ2n) is 4.16. The van der Waals surface area contributed by atoms with Gasteiger partial charge in [0.15, 0.2) is 0 Å². The van der Waals surface area contributed by atoms with Crippen LogP contribution >= 0.6 is 0 Å². The van der Waals surface area contributed by atoms with Crippen LogP contribution in [0.15, 0.2) is 36.7 Å². The van der Waals surface area contributed by atoms with Crippen LogP contribution in [-0.2, 0) is 13.1 Å². The lowest BCUT2D eigenvalue weighted by Crippen LogP contribution is -2.00. The molecule has 2 rings (SSSR count). The van der Waals surface area contributed by atoms with E-state index in [4.69, 9.17) is 0 Å². The lowest BCUT2D eigenvalue weighted by Gasteiger charge is -2.08. The number of nitrogens with one attached hydrogen (secondary N) is 1. The molecule has 0 bridgehead atoms. The number of rotatable bonds is 4. The second kappa shape index (κ2) is 5.04. The fourth-order valence-corrected chi connectivity index (χ4v) is 1.81. The fraction of sp³-hybridized carbons (Fsp3) is 0.286.